The number of aromatic nitrogens is 1. The molecule has 2 N–H and O–H groups in total. The van der Waals surface area contributed by atoms with Gasteiger partial charge in [-0.15, -0.1) is 12.4 Å². The number of rotatable bonds is 2. The van der Waals surface area contributed by atoms with Gasteiger partial charge in [-0.2, -0.15) is 13.2 Å². The van der Waals surface area contributed by atoms with E-state index in [0.29, 0.717) is 5.39 Å². The molecule has 0 bridgehead atoms. The number of nitrogens with two attached hydrogens (primary N) is 1. The quantitative estimate of drug-likeness (QED) is 0.898. The molecule has 0 aliphatic carbocycles. The fourth-order valence-corrected chi connectivity index (χ4v) is 2.09. The van der Waals surface area contributed by atoms with Gasteiger partial charge in [0, 0.05) is 30.7 Å². The van der Waals surface area contributed by atoms with E-state index in [-0.39, 0.29) is 18.0 Å². The zero-order chi connectivity index (χ0) is 12.6. The second-order valence-corrected chi connectivity index (χ2v) is 4.04. The average molecular weight is 279 g/mol. The fraction of sp³-hybridized carbons (Fsp3) is 0.333. The second kappa shape index (κ2) is 5.20. The van der Waals surface area contributed by atoms with Gasteiger partial charge in [0.1, 0.15) is 0 Å². The molecule has 18 heavy (non-hydrogen) atoms. The van der Waals surface area contributed by atoms with Crippen molar-refractivity contribution in [3.8, 4) is 0 Å². The van der Waals surface area contributed by atoms with E-state index >= 15 is 0 Å². The summed E-state index contributed by atoms with van der Waals surface area (Å²) in [4.78, 5) is 0. The third-order valence-electron chi connectivity index (χ3n) is 2.93. The van der Waals surface area contributed by atoms with Crippen molar-refractivity contribution in [3.63, 3.8) is 0 Å². The van der Waals surface area contributed by atoms with Crippen molar-refractivity contribution in [1.82, 2.24) is 4.57 Å². The third kappa shape index (κ3) is 2.47. The number of fused-ring (bicyclic) bond motifs is 1. The van der Waals surface area contributed by atoms with Crippen molar-refractivity contribution < 1.29 is 13.2 Å². The van der Waals surface area contributed by atoms with Crippen LogP contribution in [0.5, 0.6) is 0 Å². The molecule has 0 spiro atoms. The van der Waals surface area contributed by atoms with Crippen LogP contribution < -0.4 is 5.73 Å². The first-order valence-electron chi connectivity index (χ1n) is 5.26. The normalized spacial score (nSPS) is 13.4. The van der Waals surface area contributed by atoms with Gasteiger partial charge in [-0.05, 0) is 11.6 Å². The Labute approximate surface area is 109 Å². The summed E-state index contributed by atoms with van der Waals surface area (Å²) >= 11 is 0. The summed E-state index contributed by atoms with van der Waals surface area (Å²) in [5.74, 6) is -1.60. The van der Waals surface area contributed by atoms with Crippen LogP contribution in [0.2, 0.25) is 0 Å². The minimum Gasteiger partial charge on any atom is -0.350 e. The van der Waals surface area contributed by atoms with Crippen LogP contribution >= 0.6 is 12.4 Å². The number of halogens is 4. The molecule has 1 aromatic heterocycles. The van der Waals surface area contributed by atoms with Gasteiger partial charge in [-0.1, -0.05) is 18.2 Å². The van der Waals surface area contributed by atoms with Gasteiger partial charge in [0.05, 0.1) is 5.92 Å². The summed E-state index contributed by atoms with van der Waals surface area (Å²) in [6, 6.07) is 7.02. The average Bonchev–Trinajstić information content (AvgIpc) is 2.56. The Bertz CT molecular complexity index is 534. The standard InChI is InChI=1S/C12H13F3N2.ClH/c1-17-7-9(10(6-16)12(13,14)15)8-4-2-3-5-11(8)17;/h2-5,7,10H,6,16H2,1H3;1H. The monoisotopic (exact) mass is 278 g/mol. The first-order valence-corrected chi connectivity index (χ1v) is 5.26. The third-order valence-corrected chi connectivity index (χ3v) is 2.93. The maximum Gasteiger partial charge on any atom is 0.397 e. The molecular formula is C12H14ClF3N2. The maximum absolute atomic E-state index is 12.9. The Morgan fingerprint density at radius 2 is 1.89 bits per heavy atom. The van der Waals surface area contributed by atoms with Crippen molar-refractivity contribution in [2.75, 3.05) is 6.54 Å². The van der Waals surface area contributed by atoms with E-state index in [0.717, 1.165) is 5.52 Å². The van der Waals surface area contributed by atoms with Crippen molar-refractivity contribution in [2.24, 2.45) is 12.8 Å². The van der Waals surface area contributed by atoms with Crippen molar-refractivity contribution in [2.45, 2.75) is 12.1 Å². The topological polar surface area (TPSA) is 30.9 Å². The number of hydrogen-bond donors (Lipinski definition) is 1. The molecule has 2 nitrogen and oxygen atoms in total. The highest BCUT2D eigenvalue weighted by atomic mass is 35.5. The lowest BCUT2D eigenvalue weighted by Crippen LogP contribution is -2.27. The molecule has 0 fully saturated rings. The van der Waals surface area contributed by atoms with E-state index in [1.807, 2.05) is 0 Å². The molecule has 0 aliphatic rings. The Morgan fingerprint density at radius 3 is 2.44 bits per heavy atom. The van der Waals surface area contributed by atoms with Crippen LogP contribution in [0.1, 0.15) is 11.5 Å². The molecule has 0 radical (unpaired) electrons. The summed E-state index contributed by atoms with van der Waals surface area (Å²) in [5, 5.41) is 0.614. The zero-order valence-electron chi connectivity index (χ0n) is 9.74. The maximum atomic E-state index is 12.9. The van der Waals surface area contributed by atoms with Crippen molar-refractivity contribution >= 4 is 23.3 Å². The van der Waals surface area contributed by atoms with Crippen LogP contribution in [0.3, 0.4) is 0 Å². The lowest BCUT2D eigenvalue weighted by atomic mass is 9.98. The van der Waals surface area contributed by atoms with Crippen molar-refractivity contribution in [3.05, 3.63) is 36.0 Å². The first-order chi connectivity index (χ1) is 7.95. The number of para-hydroxylation sites is 1. The molecule has 0 aliphatic heterocycles. The highest BCUT2D eigenvalue weighted by molar-refractivity contribution is 5.85. The van der Waals surface area contributed by atoms with Crippen LogP contribution in [0.4, 0.5) is 13.2 Å². The van der Waals surface area contributed by atoms with Crippen molar-refractivity contribution in [1.29, 1.82) is 0 Å². The van der Waals surface area contributed by atoms with E-state index in [1.165, 1.54) is 6.20 Å². The van der Waals surface area contributed by atoms with Crippen LogP contribution in [0.15, 0.2) is 30.5 Å². The van der Waals surface area contributed by atoms with Gasteiger partial charge in [-0.25, -0.2) is 0 Å². The fourth-order valence-electron chi connectivity index (χ4n) is 2.09. The Kier molecular flexibility index (Phi) is 4.29. The molecule has 2 aromatic rings. The molecule has 6 heteroatoms. The summed E-state index contributed by atoms with van der Waals surface area (Å²) < 4.78 is 40.3. The Hall–Kier alpha value is -1.20. The molecule has 1 aromatic carbocycles. The van der Waals surface area contributed by atoms with Gasteiger partial charge in [0.2, 0.25) is 0 Å². The summed E-state index contributed by atoms with van der Waals surface area (Å²) in [6.07, 6.45) is -2.80. The molecule has 100 valence electrons. The lowest BCUT2D eigenvalue weighted by Gasteiger charge is -2.17. The molecule has 2 rings (SSSR count). The first kappa shape index (κ1) is 14.9. The summed E-state index contributed by atoms with van der Waals surface area (Å²) in [7, 11) is 1.73. The van der Waals surface area contributed by atoms with Crippen LogP contribution in [-0.2, 0) is 7.05 Å². The number of aryl methyl sites for hydroxylation is 1. The van der Waals surface area contributed by atoms with E-state index in [9.17, 15) is 13.2 Å². The molecular weight excluding hydrogens is 265 g/mol. The van der Waals surface area contributed by atoms with Gasteiger partial charge >= 0.3 is 6.18 Å². The lowest BCUT2D eigenvalue weighted by molar-refractivity contribution is -0.147. The summed E-state index contributed by atoms with van der Waals surface area (Å²) in [5.41, 5.74) is 6.29. The largest absolute Gasteiger partial charge is 0.397 e. The highest BCUT2D eigenvalue weighted by Crippen LogP contribution is 2.37. The molecule has 1 heterocycles. The predicted octanol–water partition coefficient (Wildman–Crippen LogP) is 3.20. The number of hydrogen-bond acceptors (Lipinski definition) is 1. The van der Waals surface area contributed by atoms with Crippen LogP contribution in [-0.4, -0.2) is 17.3 Å². The molecule has 0 saturated carbocycles. The second-order valence-electron chi connectivity index (χ2n) is 4.04. The van der Waals surface area contributed by atoms with Gasteiger partial charge in [-0.3, -0.25) is 0 Å². The minimum absolute atomic E-state index is 0. The van der Waals surface area contributed by atoms with Gasteiger partial charge in [0.15, 0.2) is 0 Å². The van der Waals surface area contributed by atoms with Gasteiger partial charge < -0.3 is 10.3 Å². The molecule has 0 saturated heterocycles. The predicted molar refractivity (Wildman–Crippen MR) is 68.0 cm³/mol. The van der Waals surface area contributed by atoms with E-state index in [2.05, 4.69) is 0 Å². The number of benzene rings is 1. The smallest absolute Gasteiger partial charge is 0.350 e. The van der Waals surface area contributed by atoms with E-state index in [1.54, 1.807) is 35.9 Å². The highest BCUT2D eigenvalue weighted by Gasteiger charge is 2.41. The SMILES string of the molecule is Cl.Cn1cc(C(CN)C(F)(F)F)c2ccccc21. The van der Waals surface area contributed by atoms with E-state index in [4.69, 9.17) is 5.73 Å². The van der Waals surface area contributed by atoms with Crippen LogP contribution in [0, 0.1) is 0 Å². The van der Waals surface area contributed by atoms with E-state index < -0.39 is 18.6 Å². The summed E-state index contributed by atoms with van der Waals surface area (Å²) in [6.45, 7) is -0.433. The molecule has 1 unspecified atom stereocenters. The number of alkyl halides is 3. The van der Waals surface area contributed by atoms with Crippen LogP contribution in [0.25, 0.3) is 10.9 Å². The van der Waals surface area contributed by atoms with Gasteiger partial charge in [0.25, 0.3) is 0 Å². The molecule has 0 amide bonds. The minimum atomic E-state index is -4.31. The zero-order valence-corrected chi connectivity index (χ0v) is 10.6. The molecule has 1 atom stereocenters. The Morgan fingerprint density at radius 1 is 1.28 bits per heavy atom. The Balaban J connectivity index is 0.00000162. The number of nitrogens with zero attached hydrogens (tertiary/aromatic N) is 1.